The molecule has 1 aliphatic rings. The summed E-state index contributed by atoms with van der Waals surface area (Å²) in [5.74, 6) is 1.89. The van der Waals surface area contributed by atoms with Crippen LogP contribution in [-0.4, -0.2) is 50.4 Å². The first-order valence-electron chi connectivity index (χ1n) is 11.6. The van der Waals surface area contributed by atoms with Crippen LogP contribution < -0.4 is 18.9 Å². The second-order valence-electron chi connectivity index (χ2n) is 8.52. The molecular weight excluding hydrogens is 446 g/mol. The molecule has 0 spiro atoms. The van der Waals surface area contributed by atoms with Crippen LogP contribution in [0.1, 0.15) is 30.0 Å². The molecule has 1 fully saturated rings. The maximum atomic E-state index is 11.8. The van der Waals surface area contributed by atoms with E-state index >= 15 is 0 Å². The smallest absolute Gasteiger partial charge is 0.307 e. The maximum absolute atomic E-state index is 11.8. The van der Waals surface area contributed by atoms with E-state index in [0.717, 1.165) is 29.8 Å². The van der Waals surface area contributed by atoms with Crippen molar-refractivity contribution in [3.05, 3.63) is 77.9 Å². The zero-order valence-electron chi connectivity index (χ0n) is 20.3. The number of methoxy groups -OCH3 is 3. The topological polar surface area (TPSA) is 77.5 Å². The van der Waals surface area contributed by atoms with E-state index in [0.29, 0.717) is 36.0 Å². The van der Waals surface area contributed by atoms with Gasteiger partial charge >= 0.3 is 5.97 Å². The number of rotatable bonds is 9. The molecule has 7 nitrogen and oxygen atoms in total. The van der Waals surface area contributed by atoms with E-state index in [1.54, 1.807) is 21.3 Å². The first-order valence-corrected chi connectivity index (χ1v) is 11.6. The summed E-state index contributed by atoms with van der Waals surface area (Å²) < 4.78 is 22.8. The highest BCUT2D eigenvalue weighted by molar-refractivity contribution is 5.70. The fraction of sp³-hybridized carbons (Fsp3) is 0.321. The summed E-state index contributed by atoms with van der Waals surface area (Å²) in [6.45, 7) is 1.22. The molecule has 1 aliphatic heterocycles. The molecule has 184 valence electrons. The van der Waals surface area contributed by atoms with Gasteiger partial charge in [0, 0.05) is 6.54 Å². The summed E-state index contributed by atoms with van der Waals surface area (Å²) in [6, 6.07) is 21.2. The van der Waals surface area contributed by atoms with Crippen LogP contribution in [0.4, 0.5) is 0 Å². The minimum absolute atomic E-state index is 0.231. The zero-order chi connectivity index (χ0) is 24.8. The third-order valence-electron chi connectivity index (χ3n) is 6.32. The SMILES string of the molecule is COc1cc(C(c2cccc(Oc3ccccc3)c2)N2CCCC(C(=O)O)C2)cc(OC)c1OC. The normalized spacial score (nSPS) is 16.8. The zero-order valence-corrected chi connectivity index (χ0v) is 20.3. The van der Waals surface area contributed by atoms with Gasteiger partial charge < -0.3 is 24.1 Å². The first kappa shape index (κ1) is 24.4. The molecule has 1 heterocycles. The lowest BCUT2D eigenvalue weighted by Gasteiger charge is -2.38. The predicted molar refractivity (Wildman–Crippen MR) is 133 cm³/mol. The molecule has 3 aromatic rings. The average Bonchev–Trinajstić information content (AvgIpc) is 2.89. The van der Waals surface area contributed by atoms with Gasteiger partial charge in [-0.2, -0.15) is 0 Å². The van der Waals surface area contributed by atoms with Crippen molar-refractivity contribution in [3.8, 4) is 28.7 Å². The van der Waals surface area contributed by atoms with Crippen molar-refractivity contribution in [1.82, 2.24) is 4.90 Å². The third kappa shape index (κ3) is 5.52. The molecular formula is C28H31NO6. The number of carboxylic acid groups (broad SMARTS) is 1. The lowest BCUT2D eigenvalue weighted by Crippen LogP contribution is -2.41. The Morgan fingerprint density at radius 1 is 0.886 bits per heavy atom. The summed E-state index contributed by atoms with van der Waals surface area (Å²) in [5, 5.41) is 9.72. The molecule has 0 saturated carbocycles. The Kier molecular flexibility index (Phi) is 7.77. The predicted octanol–water partition coefficient (Wildman–Crippen LogP) is 5.39. The second-order valence-corrected chi connectivity index (χ2v) is 8.52. The molecule has 2 atom stereocenters. The Morgan fingerprint density at radius 3 is 2.20 bits per heavy atom. The van der Waals surface area contributed by atoms with Crippen molar-refractivity contribution in [2.45, 2.75) is 18.9 Å². The number of benzene rings is 3. The van der Waals surface area contributed by atoms with Crippen LogP contribution in [0.3, 0.4) is 0 Å². The molecule has 4 rings (SSSR count). The molecule has 0 aromatic heterocycles. The number of hydrogen-bond acceptors (Lipinski definition) is 6. The fourth-order valence-electron chi connectivity index (χ4n) is 4.69. The number of aliphatic carboxylic acids is 1. The molecule has 1 saturated heterocycles. The monoisotopic (exact) mass is 477 g/mol. The molecule has 3 aromatic carbocycles. The van der Waals surface area contributed by atoms with Crippen molar-refractivity contribution in [2.24, 2.45) is 5.92 Å². The van der Waals surface area contributed by atoms with Gasteiger partial charge in [0.1, 0.15) is 11.5 Å². The van der Waals surface area contributed by atoms with Crippen molar-refractivity contribution >= 4 is 5.97 Å². The summed E-state index contributed by atoms with van der Waals surface area (Å²) in [5.41, 5.74) is 1.90. The Balaban J connectivity index is 1.79. The molecule has 7 heteroatoms. The number of nitrogens with zero attached hydrogens (tertiary/aromatic N) is 1. The van der Waals surface area contributed by atoms with Crippen LogP contribution in [0, 0.1) is 5.92 Å². The van der Waals surface area contributed by atoms with E-state index in [1.165, 1.54) is 0 Å². The van der Waals surface area contributed by atoms with E-state index < -0.39 is 11.9 Å². The number of para-hydroxylation sites is 1. The number of carbonyl (C=O) groups is 1. The van der Waals surface area contributed by atoms with Crippen LogP contribution >= 0.6 is 0 Å². The molecule has 35 heavy (non-hydrogen) atoms. The number of piperidine rings is 1. The number of ether oxygens (including phenoxy) is 4. The quantitative estimate of drug-likeness (QED) is 0.443. The maximum Gasteiger partial charge on any atom is 0.307 e. The summed E-state index contributed by atoms with van der Waals surface area (Å²) >= 11 is 0. The Hall–Kier alpha value is -3.71. The Morgan fingerprint density at radius 2 is 1.57 bits per heavy atom. The van der Waals surface area contributed by atoms with Gasteiger partial charge in [0.25, 0.3) is 0 Å². The standard InChI is InChI=1S/C28H31NO6/c1-32-24-16-21(17-25(33-2)27(24)34-3)26(29-14-8-10-20(18-29)28(30)31)19-9-7-13-23(15-19)35-22-11-5-4-6-12-22/h4-7,9,11-13,15-17,20,26H,8,10,14,18H2,1-3H3,(H,30,31). The van der Waals surface area contributed by atoms with E-state index in [4.69, 9.17) is 18.9 Å². The van der Waals surface area contributed by atoms with Crippen LogP contribution in [0.25, 0.3) is 0 Å². The van der Waals surface area contributed by atoms with Gasteiger partial charge in [-0.1, -0.05) is 30.3 Å². The van der Waals surface area contributed by atoms with Gasteiger partial charge in [-0.15, -0.1) is 0 Å². The van der Waals surface area contributed by atoms with Crippen molar-refractivity contribution in [3.63, 3.8) is 0 Å². The van der Waals surface area contributed by atoms with E-state index in [9.17, 15) is 9.90 Å². The van der Waals surface area contributed by atoms with E-state index in [2.05, 4.69) is 4.90 Å². The lowest BCUT2D eigenvalue weighted by molar-refractivity contribution is -0.143. The summed E-state index contributed by atoms with van der Waals surface area (Å²) in [6.07, 6.45) is 1.48. The Bertz CT molecular complexity index is 1120. The van der Waals surface area contributed by atoms with Crippen molar-refractivity contribution < 1.29 is 28.8 Å². The molecule has 0 radical (unpaired) electrons. The van der Waals surface area contributed by atoms with Gasteiger partial charge in [-0.05, 0) is 66.9 Å². The van der Waals surface area contributed by atoms with Crippen molar-refractivity contribution in [2.75, 3.05) is 34.4 Å². The second kappa shape index (κ2) is 11.1. The summed E-state index contributed by atoms with van der Waals surface area (Å²) in [4.78, 5) is 14.0. The average molecular weight is 478 g/mol. The van der Waals surface area contributed by atoms with Gasteiger partial charge in [-0.3, -0.25) is 9.69 Å². The van der Waals surface area contributed by atoms with Gasteiger partial charge in [0.2, 0.25) is 5.75 Å². The van der Waals surface area contributed by atoms with Gasteiger partial charge in [0.05, 0.1) is 33.3 Å². The minimum Gasteiger partial charge on any atom is -0.493 e. The largest absolute Gasteiger partial charge is 0.493 e. The van der Waals surface area contributed by atoms with E-state index in [-0.39, 0.29) is 6.04 Å². The molecule has 0 amide bonds. The summed E-state index contributed by atoms with van der Waals surface area (Å²) in [7, 11) is 4.75. The van der Waals surface area contributed by atoms with Crippen LogP contribution in [0.5, 0.6) is 28.7 Å². The first-order chi connectivity index (χ1) is 17.0. The highest BCUT2D eigenvalue weighted by Crippen LogP contribution is 2.43. The number of likely N-dealkylation sites (tertiary alicyclic amines) is 1. The van der Waals surface area contributed by atoms with Gasteiger partial charge in [-0.25, -0.2) is 0 Å². The van der Waals surface area contributed by atoms with Crippen LogP contribution in [-0.2, 0) is 4.79 Å². The van der Waals surface area contributed by atoms with Gasteiger partial charge in [0.15, 0.2) is 11.5 Å². The minimum atomic E-state index is -0.764. The highest BCUT2D eigenvalue weighted by Gasteiger charge is 2.32. The lowest BCUT2D eigenvalue weighted by atomic mass is 9.91. The number of hydrogen-bond donors (Lipinski definition) is 1. The highest BCUT2D eigenvalue weighted by atomic mass is 16.5. The molecule has 2 unspecified atom stereocenters. The van der Waals surface area contributed by atoms with Crippen molar-refractivity contribution in [1.29, 1.82) is 0 Å². The molecule has 0 bridgehead atoms. The molecule has 0 aliphatic carbocycles. The molecule has 1 N–H and O–H groups in total. The fourth-order valence-corrected chi connectivity index (χ4v) is 4.69. The van der Waals surface area contributed by atoms with Crippen LogP contribution in [0.15, 0.2) is 66.7 Å². The third-order valence-corrected chi connectivity index (χ3v) is 6.32. The van der Waals surface area contributed by atoms with Crippen LogP contribution in [0.2, 0.25) is 0 Å². The van der Waals surface area contributed by atoms with E-state index in [1.807, 2.05) is 66.7 Å². The number of carboxylic acids is 1. The Labute approximate surface area is 205 Å².